The molecule has 2 N–H and O–H groups in total. The van der Waals surface area contributed by atoms with Crippen LogP contribution in [0.3, 0.4) is 0 Å². The van der Waals surface area contributed by atoms with Crippen LogP contribution < -0.4 is 10.3 Å². The minimum atomic E-state index is -1.08. The van der Waals surface area contributed by atoms with Crippen LogP contribution in [0, 0.1) is 6.92 Å². The summed E-state index contributed by atoms with van der Waals surface area (Å²) in [5, 5.41) is 19.0. The van der Waals surface area contributed by atoms with Gasteiger partial charge in [-0.2, -0.15) is 0 Å². The number of aromatic carboxylic acids is 1. The van der Waals surface area contributed by atoms with Gasteiger partial charge >= 0.3 is 11.9 Å². The Morgan fingerprint density at radius 3 is 2.56 bits per heavy atom. The van der Waals surface area contributed by atoms with Gasteiger partial charge in [0.2, 0.25) is 0 Å². The molecule has 0 saturated heterocycles. The van der Waals surface area contributed by atoms with Crippen LogP contribution in [0.5, 0.6) is 11.5 Å². The third-order valence-corrected chi connectivity index (χ3v) is 6.40. The Kier molecular flexibility index (Phi) is 5.93. The summed E-state index contributed by atoms with van der Waals surface area (Å²) < 4.78 is 13.1. The number of nitrogens with zero attached hydrogens (tertiary/aromatic N) is 1. The van der Waals surface area contributed by atoms with E-state index in [4.69, 9.17) is 9.15 Å². The fourth-order valence-electron chi connectivity index (χ4n) is 4.59. The zero-order valence-corrected chi connectivity index (χ0v) is 19.4. The Morgan fingerprint density at radius 2 is 1.81 bits per heavy atom. The number of hydrogen-bond donors (Lipinski definition) is 2. The molecule has 1 aliphatic rings. The van der Waals surface area contributed by atoms with Gasteiger partial charge in [0.25, 0.3) is 5.56 Å². The van der Waals surface area contributed by atoms with Gasteiger partial charge < -0.3 is 23.9 Å². The van der Waals surface area contributed by atoms with Crippen molar-refractivity contribution < 1.29 is 29.0 Å². The number of esters is 1. The highest BCUT2D eigenvalue weighted by Crippen LogP contribution is 2.39. The van der Waals surface area contributed by atoms with Crippen molar-refractivity contribution in [2.24, 2.45) is 0 Å². The number of phenolic OH excluding ortho intramolecular Hbond substituents is 1. The highest BCUT2D eigenvalue weighted by Gasteiger charge is 2.34. The number of rotatable bonds is 6. The fourth-order valence-corrected chi connectivity index (χ4v) is 4.59. The molecule has 0 saturated carbocycles. The Labute approximate surface area is 206 Å². The second-order valence-corrected chi connectivity index (χ2v) is 8.72. The van der Waals surface area contributed by atoms with E-state index in [9.17, 15) is 24.6 Å². The van der Waals surface area contributed by atoms with E-state index in [-0.39, 0.29) is 29.0 Å². The number of furan rings is 1. The number of phenols is 1. The van der Waals surface area contributed by atoms with Crippen LogP contribution in [-0.2, 0) is 17.8 Å². The van der Waals surface area contributed by atoms with Gasteiger partial charge in [-0.05, 0) is 49.2 Å². The molecule has 4 aromatic rings. The summed E-state index contributed by atoms with van der Waals surface area (Å²) in [6, 6.07) is 18.3. The molecule has 0 bridgehead atoms. The highest BCUT2D eigenvalue weighted by molar-refractivity contribution is 5.95. The minimum absolute atomic E-state index is 0.0726. The van der Waals surface area contributed by atoms with Crippen LogP contribution in [0.2, 0.25) is 0 Å². The van der Waals surface area contributed by atoms with Gasteiger partial charge in [0.1, 0.15) is 23.0 Å². The maximum Gasteiger partial charge on any atom is 0.336 e. The average Bonchev–Trinajstić information content (AvgIpc) is 3.34. The van der Waals surface area contributed by atoms with E-state index in [0.29, 0.717) is 41.3 Å². The largest absolute Gasteiger partial charge is 0.508 e. The van der Waals surface area contributed by atoms with E-state index in [1.54, 1.807) is 72.2 Å². The Hall–Kier alpha value is -4.59. The first-order chi connectivity index (χ1) is 17.3. The van der Waals surface area contributed by atoms with Crippen LogP contribution >= 0.6 is 0 Å². The number of ether oxygens (including phenoxy) is 1. The van der Waals surface area contributed by atoms with Crippen molar-refractivity contribution in [2.75, 3.05) is 0 Å². The Balaban J connectivity index is 1.52. The summed E-state index contributed by atoms with van der Waals surface area (Å²) >= 11 is 0. The fraction of sp³-hybridized carbons (Fsp3) is 0.179. The maximum atomic E-state index is 13.6. The number of aromatic hydroxyl groups is 1. The molecule has 0 radical (unpaired) electrons. The first kappa shape index (κ1) is 23.2. The van der Waals surface area contributed by atoms with Crippen LogP contribution in [-0.4, -0.2) is 26.7 Å². The monoisotopic (exact) mass is 485 g/mol. The molecule has 0 unspecified atom stereocenters. The molecular weight excluding hydrogens is 462 g/mol. The lowest BCUT2D eigenvalue weighted by atomic mass is 9.91. The third kappa shape index (κ3) is 4.29. The Morgan fingerprint density at radius 1 is 1.06 bits per heavy atom. The van der Waals surface area contributed by atoms with Crippen LogP contribution in [0.25, 0.3) is 11.3 Å². The average molecular weight is 485 g/mol. The first-order valence-electron chi connectivity index (χ1n) is 11.5. The van der Waals surface area contributed by atoms with Gasteiger partial charge in [-0.1, -0.05) is 30.3 Å². The lowest BCUT2D eigenvalue weighted by Crippen LogP contribution is -2.33. The van der Waals surface area contributed by atoms with Crippen molar-refractivity contribution in [1.29, 1.82) is 0 Å². The van der Waals surface area contributed by atoms with E-state index in [1.165, 1.54) is 6.07 Å². The summed E-state index contributed by atoms with van der Waals surface area (Å²) in [4.78, 5) is 37.7. The van der Waals surface area contributed by atoms with Crippen molar-refractivity contribution in [1.82, 2.24) is 4.57 Å². The zero-order valence-electron chi connectivity index (χ0n) is 19.4. The van der Waals surface area contributed by atoms with Crippen molar-refractivity contribution in [2.45, 2.75) is 32.2 Å². The van der Waals surface area contributed by atoms with Crippen molar-refractivity contribution in [3.8, 4) is 22.8 Å². The smallest absolute Gasteiger partial charge is 0.336 e. The molecule has 8 heteroatoms. The second kappa shape index (κ2) is 9.22. The predicted octanol–water partition coefficient (Wildman–Crippen LogP) is 4.50. The summed E-state index contributed by atoms with van der Waals surface area (Å²) in [5.74, 6) is -1.12. The number of aryl methyl sites for hydroxylation is 2. The summed E-state index contributed by atoms with van der Waals surface area (Å²) in [6.07, 6.45) is 0.498. The molecule has 8 nitrogen and oxygen atoms in total. The number of carbonyl (C=O) groups excluding carboxylic acids is 1. The maximum absolute atomic E-state index is 13.6. The molecule has 0 spiro atoms. The first-order valence-corrected chi connectivity index (χ1v) is 11.5. The molecule has 0 fully saturated rings. The third-order valence-electron chi connectivity index (χ3n) is 6.40. The number of aromatic nitrogens is 1. The molecule has 3 heterocycles. The van der Waals surface area contributed by atoms with Gasteiger partial charge in [0.15, 0.2) is 0 Å². The molecule has 2 aromatic heterocycles. The van der Waals surface area contributed by atoms with Crippen molar-refractivity contribution in [3.05, 3.63) is 105 Å². The van der Waals surface area contributed by atoms with Gasteiger partial charge in [-0.3, -0.25) is 9.59 Å². The number of carbonyl (C=O) groups is 2. The summed E-state index contributed by atoms with van der Waals surface area (Å²) in [6.45, 7) is 2.18. The van der Waals surface area contributed by atoms with E-state index < -0.39 is 17.9 Å². The number of carboxylic acid groups (broad SMARTS) is 1. The van der Waals surface area contributed by atoms with Crippen LogP contribution in [0.1, 0.15) is 45.3 Å². The summed E-state index contributed by atoms with van der Waals surface area (Å²) in [5.41, 5.74) is 2.18. The Bertz CT molecular complexity index is 1530. The molecule has 1 atom stereocenters. The number of hydrogen-bond acceptors (Lipinski definition) is 6. The van der Waals surface area contributed by atoms with Gasteiger partial charge in [0, 0.05) is 23.9 Å². The topological polar surface area (TPSA) is 119 Å². The second-order valence-electron chi connectivity index (χ2n) is 8.72. The highest BCUT2D eigenvalue weighted by atomic mass is 16.5. The molecule has 5 rings (SSSR count). The summed E-state index contributed by atoms with van der Waals surface area (Å²) in [7, 11) is 0. The molecule has 1 aliphatic heterocycles. The zero-order chi connectivity index (χ0) is 25.4. The van der Waals surface area contributed by atoms with Crippen LogP contribution in [0.15, 0.2) is 75.9 Å². The van der Waals surface area contributed by atoms with Crippen LogP contribution in [0.4, 0.5) is 0 Å². The minimum Gasteiger partial charge on any atom is -0.508 e. The predicted molar refractivity (Wildman–Crippen MR) is 130 cm³/mol. The lowest BCUT2D eigenvalue weighted by molar-refractivity contribution is -0.135. The lowest BCUT2D eigenvalue weighted by Gasteiger charge is -2.24. The standard InChI is InChI=1S/C28H23NO7/c1-16-14-24-26(27(32)29(16)13-12-17-6-8-18(30)9-7-17)21(15-25(31)36-24)23-11-10-22(35-23)19-4-2-3-5-20(19)28(33)34/h2-11,14,21,30H,12-13,15H2,1H3,(H,33,34)/t21-/m1/s1. The SMILES string of the molecule is Cc1cc2c(c(=O)n1CCc1ccc(O)cc1)[C@@H](c1ccc(-c3ccccc3C(=O)O)o1)CC(=O)O2. The number of pyridine rings is 1. The van der Waals surface area contributed by atoms with Gasteiger partial charge in [0.05, 0.1) is 23.5 Å². The molecule has 36 heavy (non-hydrogen) atoms. The van der Waals surface area contributed by atoms with E-state index in [1.807, 2.05) is 0 Å². The van der Waals surface area contributed by atoms with E-state index in [2.05, 4.69) is 0 Å². The number of fused-ring (bicyclic) bond motifs is 1. The van der Waals surface area contributed by atoms with Gasteiger partial charge in [-0.15, -0.1) is 0 Å². The van der Waals surface area contributed by atoms with Crippen molar-refractivity contribution in [3.63, 3.8) is 0 Å². The van der Waals surface area contributed by atoms with E-state index >= 15 is 0 Å². The van der Waals surface area contributed by atoms with Gasteiger partial charge in [-0.25, -0.2) is 4.79 Å². The molecule has 2 aromatic carbocycles. The molecule has 0 aliphatic carbocycles. The van der Waals surface area contributed by atoms with E-state index in [0.717, 1.165) is 5.56 Å². The molecule has 182 valence electrons. The molecule has 0 amide bonds. The number of benzene rings is 2. The molecular formula is C28H23NO7. The van der Waals surface area contributed by atoms with Crippen molar-refractivity contribution >= 4 is 11.9 Å². The number of carboxylic acids is 1. The quantitative estimate of drug-likeness (QED) is 0.386. The normalized spacial score (nSPS) is 14.8.